The van der Waals surface area contributed by atoms with Gasteiger partial charge in [0.05, 0.1) is 24.7 Å². The second-order valence-corrected chi connectivity index (χ2v) is 3.83. The molecule has 0 aliphatic heterocycles. The molecule has 0 aromatic heterocycles. The maximum Gasteiger partial charge on any atom is 0.371 e. The van der Waals surface area contributed by atoms with Crippen LogP contribution in [0.5, 0.6) is 0 Å². The highest BCUT2D eigenvalue weighted by molar-refractivity contribution is 6.42. The van der Waals surface area contributed by atoms with Crippen molar-refractivity contribution in [2.24, 2.45) is 15.1 Å². The van der Waals surface area contributed by atoms with Crippen molar-refractivity contribution in [2.75, 3.05) is 6.61 Å². The molecule has 0 aromatic rings. The van der Waals surface area contributed by atoms with Gasteiger partial charge in [-0.15, -0.1) is 0 Å². The molecule has 0 aliphatic rings. The lowest BCUT2D eigenvalue weighted by atomic mass is 10.4. The summed E-state index contributed by atoms with van der Waals surface area (Å²) in [5.74, 6) is -0.910. The second kappa shape index (κ2) is 12.3. The quantitative estimate of drug-likeness (QED) is 0.363. The van der Waals surface area contributed by atoms with Crippen LogP contribution in [0, 0.1) is 11.3 Å². The number of hydrogen-bond acceptors (Lipinski definition) is 7. The molecule has 0 unspecified atom stereocenters. The Morgan fingerprint density at radius 3 is 2.00 bits per heavy atom. The normalized spacial score (nSPS) is 9.89. The molecule has 106 valence electrons. The molecular formula is C12H20N4O3. The Labute approximate surface area is 113 Å². The van der Waals surface area contributed by atoms with E-state index in [1.54, 1.807) is 6.92 Å². The van der Waals surface area contributed by atoms with Crippen molar-refractivity contribution in [3.05, 3.63) is 0 Å². The highest BCUT2D eigenvalue weighted by Crippen LogP contribution is 1.84. The third-order valence-corrected chi connectivity index (χ3v) is 1.31. The molecule has 0 atom stereocenters. The van der Waals surface area contributed by atoms with Crippen LogP contribution >= 0.6 is 0 Å². The van der Waals surface area contributed by atoms with Gasteiger partial charge in [0.1, 0.15) is 6.07 Å². The molecule has 0 heterocycles. The van der Waals surface area contributed by atoms with Crippen LogP contribution < -0.4 is 0 Å². The van der Waals surface area contributed by atoms with Gasteiger partial charge < -0.3 is 9.94 Å². The summed E-state index contributed by atoms with van der Waals surface area (Å²) in [6.45, 7) is 9.75. The predicted molar refractivity (Wildman–Crippen MR) is 71.6 cm³/mol. The summed E-state index contributed by atoms with van der Waals surface area (Å²) in [6.07, 6.45) is 0. The summed E-state index contributed by atoms with van der Waals surface area (Å²) in [5, 5.41) is 18.5. The Morgan fingerprint density at radius 2 is 1.74 bits per heavy atom. The lowest BCUT2D eigenvalue weighted by Crippen LogP contribution is -2.15. The zero-order chi connectivity index (χ0) is 15.3. The highest BCUT2D eigenvalue weighted by atomic mass is 16.5. The first-order valence-corrected chi connectivity index (χ1v) is 5.82. The molecule has 0 bridgehead atoms. The van der Waals surface area contributed by atoms with Gasteiger partial charge in [-0.3, -0.25) is 0 Å². The summed E-state index contributed by atoms with van der Waals surface area (Å²) in [4.78, 5) is 18.4. The lowest BCUT2D eigenvalue weighted by Gasteiger charge is -1.94. The SMILES string of the molecule is CC(C)N=C=NC(C)C.CCOC(=O)C(C#N)=NO. The minimum Gasteiger partial charge on any atom is -0.461 e. The molecule has 1 N–H and O–H groups in total. The van der Waals surface area contributed by atoms with Crippen molar-refractivity contribution < 1.29 is 14.7 Å². The van der Waals surface area contributed by atoms with E-state index in [-0.39, 0.29) is 6.61 Å². The van der Waals surface area contributed by atoms with Gasteiger partial charge in [0.25, 0.3) is 5.71 Å². The number of nitrogens with zero attached hydrogens (tertiary/aromatic N) is 4. The Bertz CT molecular complexity index is 376. The minimum atomic E-state index is -0.910. The number of oxime groups is 1. The van der Waals surface area contributed by atoms with Gasteiger partial charge in [-0.2, -0.15) is 5.26 Å². The predicted octanol–water partition coefficient (Wildman–Crippen LogP) is 1.88. The molecule has 0 saturated carbocycles. The molecule has 7 nitrogen and oxygen atoms in total. The van der Waals surface area contributed by atoms with Gasteiger partial charge in [0.15, 0.2) is 0 Å². The fourth-order valence-corrected chi connectivity index (χ4v) is 0.573. The van der Waals surface area contributed by atoms with E-state index in [1.165, 1.54) is 6.07 Å². The number of esters is 1. The van der Waals surface area contributed by atoms with E-state index in [0.29, 0.717) is 12.1 Å². The van der Waals surface area contributed by atoms with Crippen molar-refractivity contribution in [2.45, 2.75) is 46.7 Å². The molecular weight excluding hydrogens is 248 g/mol. The first kappa shape index (κ1) is 19.2. The highest BCUT2D eigenvalue weighted by Gasteiger charge is 2.10. The van der Waals surface area contributed by atoms with E-state index in [0.717, 1.165) is 0 Å². The Hall–Kier alpha value is -2.19. The molecule has 0 radical (unpaired) electrons. The monoisotopic (exact) mass is 268 g/mol. The van der Waals surface area contributed by atoms with Crippen LogP contribution in [0.3, 0.4) is 0 Å². The molecule has 19 heavy (non-hydrogen) atoms. The van der Waals surface area contributed by atoms with Crippen molar-refractivity contribution in [1.82, 2.24) is 0 Å². The topological polar surface area (TPSA) is 107 Å². The second-order valence-electron chi connectivity index (χ2n) is 3.83. The van der Waals surface area contributed by atoms with Gasteiger partial charge in [0, 0.05) is 0 Å². The first-order chi connectivity index (χ1) is 8.88. The standard InChI is InChI=1S/C7H14N2.C5H6N2O3/c1-6(2)8-5-9-7(3)4;1-2-10-5(8)4(3-6)7-9/h6-7H,1-4H3;9H,2H2,1H3. The number of carbonyl (C=O) groups is 1. The lowest BCUT2D eigenvalue weighted by molar-refractivity contribution is -0.135. The summed E-state index contributed by atoms with van der Waals surface area (Å²) in [5.41, 5.74) is -0.637. The molecule has 0 aromatic carbocycles. The van der Waals surface area contributed by atoms with Crippen molar-refractivity contribution in [1.29, 1.82) is 5.26 Å². The average molecular weight is 268 g/mol. The van der Waals surface area contributed by atoms with Crippen molar-refractivity contribution in [3.63, 3.8) is 0 Å². The van der Waals surface area contributed by atoms with Crippen LogP contribution in [0.25, 0.3) is 0 Å². The Morgan fingerprint density at radius 1 is 1.26 bits per heavy atom. The zero-order valence-corrected chi connectivity index (χ0v) is 11.9. The van der Waals surface area contributed by atoms with Crippen LogP contribution in [0.15, 0.2) is 15.1 Å². The van der Waals surface area contributed by atoms with Crippen LogP contribution in [-0.2, 0) is 9.53 Å². The van der Waals surface area contributed by atoms with Crippen LogP contribution in [0.2, 0.25) is 0 Å². The number of nitriles is 1. The molecule has 0 aliphatic carbocycles. The fraction of sp³-hybridized carbons (Fsp3) is 0.667. The van der Waals surface area contributed by atoms with Crippen LogP contribution in [0.1, 0.15) is 34.6 Å². The Balaban J connectivity index is 0. The Kier molecular flexibility index (Phi) is 12.4. The largest absolute Gasteiger partial charge is 0.461 e. The van der Waals surface area contributed by atoms with Gasteiger partial charge >= 0.3 is 5.97 Å². The fourth-order valence-electron chi connectivity index (χ4n) is 0.573. The van der Waals surface area contributed by atoms with Crippen LogP contribution in [-0.4, -0.2) is 41.6 Å². The van der Waals surface area contributed by atoms with E-state index in [9.17, 15) is 4.79 Å². The smallest absolute Gasteiger partial charge is 0.371 e. The zero-order valence-electron chi connectivity index (χ0n) is 11.9. The van der Waals surface area contributed by atoms with Gasteiger partial charge in [0.2, 0.25) is 0 Å². The number of hydrogen-bond donors (Lipinski definition) is 1. The third kappa shape index (κ3) is 13.7. The minimum absolute atomic E-state index is 0.152. The first-order valence-electron chi connectivity index (χ1n) is 5.82. The summed E-state index contributed by atoms with van der Waals surface area (Å²) in [7, 11) is 0. The number of rotatable bonds is 4. The maximum atomic E-state index is 10.5. The number of ether oxygens (including phenoxy) is 1. The van der Waals surface area contributed by atoms with E-state index >= 15 is 0 Å². The third-order valence-electron chi connectivity index (χ3n) is 1.31. The number of aliphatic imine (C=N–C) groups is 2. The van der Waals surface area contributed by atoms with E-state index in [4.69, 9.17) is 10.5 Å². The van der Waals surface area contributed by atoms with E-state index in [1.807, 2.05) is 27.7 Å². The maximum absolute atomic E-state index is 10.5. The summed E-state index contributed by atoms with van der Waals surface area (Å²) >= 11 is 0. The molecule has 0 saturated heterocycles. The molecule has 0 amide bonds. The van der Waals surface area contributed by atoms with Crippen molar-refractivity contribution in [3.8, 4) is 6.07 Å². The van der Waals surface area contributed by atoms with Crippen molar-refractivity contribution >= 4 is 17.7 Å². The van der Waals surface area contributed by atoms with E-state index in [2.05, 4.69) is 25.9 Å². The molecule has 0 fully saturated rings. The molecule has 7 heteroatoms. The van der Waals surface area contributed by atoms with Crippen LogP contribution in [0.4, 0.5) is 0 Å². The van der Waals surface area contributed by atoms with E-state index < -0.39 is 11.7 Å². The molecule has 0 rings (SSSR count). The average Bonchev–Trinajstić information content (AvgIpc) is 2.30. The summed E-state index contributed by atoms with van der Waals surface area (Å²) in [6, 6.07) is 4.62. The van der Waals surface area contributed by atoms with Gasteiger partial charge in [-0.25, -0.2) is 14.8 Å². The van der Waals surface area contributed by atoms with Gasteiger partial charge in [-0.05, 0) is 34.6 Å². The summed E-state index contributed by atoms with van der Waals surface area (Å²) < 4.78 is 4.33. The molecule has 0 spiro atoms. The van der Waals surface area contributed by atoms with Gasteiger partial charge in [-0.1, -0.05) is 5.16 Å². The number of carbonyl (C=O) groups excluding carboxylic acids is 1.